The molecule has 0 radical (unpaired) electrons. The van der Waals surface area contributed by atoms with Crippen LogP contribution in [0, 0.1) is 13.8 Å². The van der Waals surface area contributed by atoms with Crippen LogP contribution < -0.4 is 4.74 Å². The fourth-order valence-corrected chi connectivity index (χ4v) is 7.19. The van der Waals surface area contributed by atoms with Crippen LogP contribution in [-0.4, -0.2) is 48.6 Å². The predicted octanol–water partition coefficient (Wildman–Crippen LogP) is 6.54. The van der Waals surface area contributed by atoms with Crippen LogP contribution in [0.15, 0.2) is 48.0 Å². The van der Waals surface area contributed by atoms with Crippen molar-refractivity contribution in [3.8, 4) is 5.75 Å². The SMILES string of the molecule is CC[C@@H]1CN(Cc2cc(C(CC(=O)O)c3cc(C)c4c(nnn4C)c3C)cc3ccsc23)[C@@H](C)c2ncccc2O1. The van der Waals surface area contributed by atoms with Crippen LogP contribution in [0.2, 0.25) is 0 Å². The van der Waals surface area contributed by atoms with Crippen molar-refractivity contribution < 1.29 is 14.6 Å². The molecule has 1 unspecified atom stereocenters. The standard InChI is InChI=1S/C32H35N5O3S/c1-6-24-17-37(20(4)30-27(40-24)8-7-10-33-30)16-23-14-22(13-21-9-11-41-32(21)23)26(15-28(38)39)25-12-18(2)31-29(19(25)3)34-35-36(31)5/h7-14,20,24,26H,6,15-17H2,1-5H3,(H,38,39)/t20-,24+,26?/m0/s1. The van der Waals surface area contributed by atoms with E-state index < -0.39 is 5.97 Å². The van der Waals surface area contributed by atoms with E-state index in [-0.39, 0.29) is 24.5 Å². The molecule has 0 bridgehead atoms. The second kappa shape index (κ2) is 10.9. The number of hydrogen-bond acceptors (Lipinski definition) is 7. The summed E-state index contributed by atoms with van der Waals surface area (Å²) in [4.78, 5) is 19.4. The molecule has 2 aromatic carbocycles. The topological polar surface area (TPSA) is 93.4 Å². The molecule has 0 saturated carbocycles. The lowest BCUT2D eigenvalue weighted by molar-refractivity contribution is -0.137. The van der Waals surface area contributed by atoms with Crippen molar-refractivity contribution in [3.05, 3.63) is 81.5 Å². The van der Waals surface area contributed by atoms with E-state index in [1.165, 1.54) is 10.3 Å². The summed E-state index contributed by atoms with van der Waals surface area (Å²) in [6.07, 6.45) is 2.78. The highest BCUT2D eigenvalue weighted by molar-refractivity contribution is 7.17. The predicted molar refractivity (Wildman–Crippen MR) is 162 cm³/mol. The van der Waals surface area contributed by atoms with E-state index in [1.54, 1.807) is 16.0 Å². The van der Waals surface area contributed by atoms with Gasteiger partial charge in [0.2, 0.25) is 0 Å². The van der Waals surface area contributed by atoms with Gasteiger partial charge in [0.15, 0.2) is 0 Å². The molecule has 9 heteroatoms. The van der Waals surface area contributed by atoms with Crippen molar-refractivity contribution in [2.24, 2.45) is 7.05 Å². The Labute approximate surface area is 243 Å². The first-order chi connectivity index (χ1) is 19.7. The molecular formula is C32H35N5O3S. The van der Waals surface area contributed by atoms with Gasteiger partial charge in [-0.1, -0.05) is 24.3 Å². The van der Waals surface area contributed by atoms with Crippen LogP contribution >= 0.6 is 11.3 Å². The Morgan fingerprint density at radius 2 is 2.07 bits per heavy atom. The Morgan fingerprint density at radius 3 is 2.85 bits per heavy atom. The summed E-state index contributed by atoms with van der Waals surface area (Å²) in [6.45, 7) is 9.91. The average Bonchev–Trinajstić information content (AvgIpc) is 3.56. The summed E-state index contributed by atoms with van der Waals surface area (Å²) in [7, 11) is 1.89. The van der Waals surface area contributed by atoms with Crippen LogP contribution in [0.3, 0.4) is 0 Å². The van der Waals surface area contributed by atoms with E-state index in [9.17, 15) is 9.90 Å². The quantitative estimate of drug-likeness (QED) is 0.238. The highest BCUT2D eigenvalue weighted by Gasteiger charge is 2.30. The van der Waals surface area contributed by atoms with Crippen LogP contribution in [0.25, 0.3) is 21.1 Å². The number of ether oxygens (including phenoxy) is 1. The number of benzene rings is 2. The third-order valence-corrected chi connectivity index (χ3v) is 9.48. The first-order valence-electron chi connectivity index (χ1n) is 14.1. The van der Waals surface area contributed by atoms with Crippen molar-refractivity contribution in [2.75, 3.05) is 6.54 Å². The molecule has 0 saturated heterocycles. The van der Waals surface area contributed by atoms with E-state index in [0.29, 0.717) is 6.54 Å². The zero-order chi connectivity index (χ0) is 28.8. The molecular weight excluding hydrogens is 534 g/mol. The second-order valence-corrected chi connectivity index (χ2v) is 12.0. The van der Waals surface area contributed by atoms with E-state index in [2.05, 4.69) is 58.7 Å². The van der Waals surface area contributed by atoms with Gasteiger partial charge in [-0.15, -0.1) is 16.4 Å². The zero-order valence-corrected chi connectivity index (χ0v) is 24.9. The monoisotopic (exact) mass is 569 g/mol. The number of nitrogens with zero attached hydrogens (tertiary/aromatic N) is 5. The number of carbonyl (C=O) groups is 1. The lowest BCUT2D eigenvalue weighted by Gasteiger charge is -2.29. The molecule has 1 N–H and O–H groups in total. The molecule has 0 spiro atoms. The van der Waals surface area contributed by atoms with Crippen molar-refractivity contribution >= 4 is 38.4 Å². The summed E-state index contributed by atoms with van der Waals surface area (Å²) in [5, 5.41) is 22.0. The molecule has 0 fully saturated rings. The largest absolute Gasteiger partial charge is 0.487 e. The van der Waals surface area contributed by atoms with Gasteiger partial charge in [0.05, 0.1) is 23.7 Å². The number of carboxylic acids is 1. The van der Waals surface area contributed by atoms with E-state index in [1.807, 2.05) is 39.2 Å². The highest BCUT2D eigenvalue weighted by atomic mass is 32.1. The summed E-state index contributed by atoms with van der Waals surface area (Å²) < 4.78 is 9.37. The molecule has 4 heterocycles. The first kappa shape index (κ1) is 27.4. The maximum Gasteiger partial charge on any atom is 0.304 e. The maximum absolute atomic E-state index is 12.2. The number of fused-ring (bicyclic) bond motifs is 3. The number of thiophene rings is 1. The zero-order valence-electron chi connectivity index (χ0n) is 24.1. The summed E-state index contributed by atoms with van der Waals surface area (Å²) in [6, 6.07) is 12.7. The van der Waals surface area contributed by atoms with Gasteiger partial charge in [-0.3, -0.25) is 14.7 Å². The molecule has 3 atom stereocenters. The Morgan fingerprint density at radius 1 is 1.24 bits per heavy atom. The van der Waals surface area contributed by atoms with E-state index in [4.69, 9.17) is 9.72 Å². The van der Waals surface area contributed by atoms with Gasteiger partial charge in [0.25, 0.3) is 0 Å². The summed E-state index contributed by atoms with van der Waals surface area (Å²) in [5.74, 6) is -0.294. The Hall–Kier alpha value is -3.82. The second-order valence-electron chi connectivity index (χ2n) is 11.1. The molecule has 1 aliphatic heterocycles. The lowest BCUT2D eigenvalue weighted by atomic mass is 9.83. The van der Waals surface area contributed by atoms with Crippen molar-refractivity contribution in [1.82, 2.24) is 24.9 Å². The fourth-order valence-electron chi connectivity index (χ4n) is 6.30. The van der Waals surface area contributed by atoms with Crippen LogP contribution in [0.4, 0.5) is 0 Å². The molecule has 212 valence electrons. The van der Waals surface area contributed by atoms with Crippen molar-refractivity contribution in [3.63, 3.8) is 0 Å². The summed E-state index contributed by atoms with van der Waals surface area (Å²) >= 11 is 1.73. The smallest absolute Gasteiger partial charge is 0.304 e. The minimum Gasteiger partial charge on any atom is -0.487 e. The molecule has 3 aromatic heterocycles. The maximum atomic E-state index is 12.2. The highest BCUT2D eigenvalue weighted by Crippen LogP contribution is 2.40. The number of carboxylic acid groups (broad SMARTS) is 1. The van der Waals surface area contributed by atoms with Crippen LogP contribution in [0.1, 0.15) is 72.2 Å². The Balaban J connectivity index is 1.46. The average molecular weight is 570 g/mol. The number of aromatic nitrogens is 4. The third kappa shape index (κ3) is 4.97. The van der Waals surface area contributed by atoms with E-state index in [0.717, 1.165) is 63.1 Å². The van der Waals surface area contributed by atoms with Gasteiger partial charge in [0, 0.05) is 37.0 Å². The number of aliphatic carboxylic acids is 1. The van der Waals surface area contributed by atoms with Gasteiger partial charge in [-0.2, -0.15) is 0 Å². The molecule has 41 heavy (non-hydrogen) atoms. The minimum absolute atomic E-state index is 0.00963. The fraction of sp³-hybridized carbons (Fsp3) is 0.375. The van der Waals surface area contributed by atoms with E-state index >= 15 is 0 Å². The lowest BCUT2D eigenvalue weighted by Crippen LogP contribution is -2.34. The molecule has 0 aliphatic carbocycles. The van der Waals surface area contributed by atoms with Crippen molar-refractivity contribution in [2.45, 2.75) is 65.1 Å². The number of hydrogen-bond donors (Lipinski definition) is 1. The first-order valence-corrected chi connectivity index (χ1v) is 15.0. The number of rotatable bonds is 7. The molecule has 6 rings (SSSR count). The molecule has 0 amide bonds. The van der Waals surface area contributed by atoms with Crippen LogP contribution in [-0.2, 0) is 18.4 Å². The number of pyridine rings is 1. The number of aryl methyl sites for hydroxylation is 3. The van der Waals surface area contributed by atoms with Gasteiger partial charge in [-0.05, 0) is 90.0 Å². The van der Waals surface area contributed by atoms with Gasteiger partial charge in [0.1, 0.15) is 17.4 Å². The van der Waals surface area contributed by atoms with Gasteiger partial charge in [-0.25, -0.2) is 4.68 Å². The van der Waals surface area contributed by atoms with Gasteiger partial charge < -0.3 is 9.84 Å². The Bertz CT molecular complexity index is 1760. The third-order valence-electron chi connectivity index (χ3n) is 8.47. The minimum atomic E-state index is -0.829. The van der Waals surface area contributed by atoms with Crippen LogP contribution in [0.5, 0.6) is 5.75 Å². The molecule has 5 aromatic rings. The summed E-state index contributed by atoms with van der Waals surface area (Å²) in [5.41, 5.74) is 7.95. The van der Waals surface area contributed by atoms with Crippen molar-refractivity contribution in [1.29, 1.82) is 0 Å². The normalized spacial score (nSPS) is 18.3. The molecule has 8 nitrogen and oxygen atoms in total. The van der Waals surface area contributed by atoms with Gasteiger partial charge >= 0.3 is 5.97 Å². The Kier molecular flexibility index (Phi) is 7.25. The molecule has 1 aliphatic rings.